The van der Waals surface area contributed by atoms with Crippen LogP contribution in [0.2, 0.25) is 0 Å². The lowest BCUT2D eigenvalue weighted by molar-refractivity contribution is 0.131. The summed E-state index contributed by atoms with van der Waals surface area (Å²) in [5, 5.41) is 0. The molecule has 2 rings (SSSR count). The molecule has 110 valence electrons. The summed E-state index contributed by atoms with van der Waals surface area (Å²) >= 11 is 0. The Morgan fingerprint density at radius 3 is 2.65 bits per heavy atom. The molecular formula is C13H18N2O4S. The first-order valence-electron chi connectivity index (χ1n) is 6.39. The molecule has 1 N–H and O–H groups in total. The quantitative estimate of drug-likeness (QED) is 0.848. The molecule has 6 nitrogen and oxygen atoms in total. The molecular weight excluding hydrogens is 280 g/mol. The van der Waals surface area contributed by atoms with Gasteiger partial charge in [-0.05, 0) is 12.0 Å². The number of amides is 1. The van der Waals surface area contributed by atoms with Gasteiger partial charge in [-0.2, -0.15) is 0 Å². The number of hydrogen-bond acceptors (Lipinski definition) is 4. The van der Waals surface area contributed by atoms with Crippen molar-refractivity contribution in [1.82, 2.24) is 9.62 Å². The van der Waals surface area contributed by atoms with Gasteiger partial charge in [-0.3, -0.25) is 0 Å². The van der Waals surface area contributed by atoms with Gasteiger partial charge in [0.15, 0.2) is 0 Å². The molecule has 1 aromatic carbocycles. The van der Waals surface area contributed by atoms with Crippen LogP contribution >= 0.6 is 0 Å². The van der Waals surface area contributed by atoms with Crippen LogP contribution in [0.1, 0.15) is 12.0 Å². The predicted molar refractivity (Wildman–Crippen MR) is 74.6 cm³/mol. The standard InChI is InChI=1S/C13H18N2O4S/c1-15-9-12(19-13(15)16)7-8-14-20(17,18)10-11-5-3-2-4-6-11/h2-6,12,14H,7-10H2,1H3. The molecule has 1 heterocycles. The number of likely N-dealkylation sites (N-methyl/N-ethyl adjacent to an activating group) is 1. The molecule has 1 unspecified atom stereocenters. The summed E-state index contributed by atoms with van der Waals surface area (Å²) in [6.07, 6.45) is -0.126. The van der Waals surface area contributed by atoms with E-state index >= 15 is 0 Å². The summed E-state index contributed by atoms with van der Waals surface area (Å²) in [6.45, 7) is 0.764. The summed E-state index contributed by atoms with van der Waals surface area (Å²) in [6, 6.07) is 8.99. The maximum atomic E-state index is 11.9. The fraction of sp³-hybridized carbons (Fsp3) is 0.462. The van der Waals surface area contributed by atoms with Gasteiger partial charge in [-0.15, -0.1) is 0 Å². The predicted octanol–water partition coefficient (Wildman–Crippen LogP) is 0.947. The Labute approximate surface area is 118 Å². The number of cyclic esters (lactones) is 1. The molecule has 1 aliphatic heterocycles. The number of sulfonamides is 1. The Morgan fingerprint density at radius 1 is 1.35 bits per heavy atom. The molecule has 0 bridgehead atoms. The summed E-state index contributed by atoms with van der Waals surface area (Å²) in [4.78, 5) is 12.6. The van der Waals surface area contributed by atoms with Gasteiger partial charge >= 0.3 is 6.09 Å². The first-order valence-corrected chi connectivity index (χ1v) is 8.04. The fourth-order valence-corrected chi connectivity index (χ4v) is 3.18. The Hall–Kier alpha value is -1.60. The van der Waals surface area contributed by atoms with Gasteiger partial charge in [-0.1, -0.05) is 30.3 Å². The van der Waals surface area contributed by atoms with E-state index in [0.717, 1.165) is 5.56 Å². The van der Waals surface area contributed by atoms with Crippen LogP contribution in [-0.4, -0.2) is 45.7 Å². The van der Waals surface area contributed by atoms with Gasteiger partial charge in [0, 0.05) is 13.6 Å². The van der Waals surface area contributed by atoms with Crippen molar-refractivity contribution in [2.45, 2.75) is 18.3 Å². The first kappa shape index (κ1) is 14.8. The van der Waals surface area contributed by atoms with E-state index in [9.17, 15) is 13.2 Å². The number of benzene rings is 1. The SMILES string of the molecule is CN1CC(CCNS(=O)(=O)Cc2ccccc2)OC1=O. The van der Waals surface area contributed by atoms with Crippen LogP contribution in [0.5, 0.6) is 0 Å². The van der Waals surface area contributed by atoms with Crippen LogP contribution in [0, 0.1) is 0 Å². The van der Waals surface area contributed by atoms with E-state index in [1.54, 1.807) is 31.3 Å². The van der Waals surface area contributed by atoms with Crippen molar-refractivity contribution in [3.63, 3.8) is 0 Å². The van der Waals surface area contributed by atoms with Crippen molar-refractivity contribution in [3.05, 3.63) is 35.9 Å². The van der Waals surface area contributed by atoms with Crippen LogP contribution in [0.3, 0.4) is 0 Å². The molecule has 0 aliphatic carbocycles. The molecule has 1 amide bonds. The normalized spacial score (nSPS) is 19.1. The first-order chi connectivity index (χ1) is 9.46. The maximum absolute atomic E-state index is 11.9. The smallest absolute Gasteiger partial charge is 0.409 e. The second kappa shape index (κ2) is 6.23. The van der Waals surface area contributed by atoms with Crippen LogP contribution in [0.15, 0.2) is 30.3 Å². The monoisotopic (exact) mass is 298 g/mol. The van der Waals surface area contributed by atoms with Gasteiger partial charge in [0.1, 0.15) is 6.10 Å². The fourth-order valence-electron chi connectivity index (χ4n) is 2.02. The second-order valence-corrected chi connectivity index (χ2v) is 6.62. The molecule has 1 aromatic rings. The Bertz CT molecular complexity index is 559. The van der Waals surface area contributed by atoms with Crippen molar-refractivity contribution in [1.29, 1.82) is 0 Å². The average molecular weight is 298 g/mol. The molecule has 1 saturated heterocycles. The van der Waals surface area contributed by atoms with Crippen LogP contribution in [0.25, 0.3) is 0 Å². The molecule has 7 heteroatoms. The Morgan fingerprint density at radius 2 is 2.05 bits per heavy atom. The summed E-state index contributed by atoms with van der Waals surface area (Å²) < 4.78 is 31.3. The van der Waals surface area contributed by atoms with Crippen molar-refractivity contribution in [3.8, 4) is 0 Å². The number of rotatable bonds is 6. The largest absolute Gasteiger partial charge is 0.444 e. The molecule has 1 fully saturated rings. The highest BCUT2D eigenvalue weighted by atomic mass is 32.2. The molecule has 0 radical (unpaired) electrons. The molecule has 1 aliphatic rings. The minimum atomic E-state index is -3.36. The van der Waals surface area contributed by atoms with E-state index < -0.39 is 10.0 Å². The molecule has 0 saturated carbocycles. The lowest BCUT2D eigenvalue weighted by Gasteiger charge is -2.10. The Kier molecular flexibility index (Phi) is 4.61. The van der Waals surface area contributed by atoms with E-state index in [0.29, 0.717) is 13.0 Å². The van der Waals surface area contributed by atoms with E-state index in [2.05, 4.69) is 4.72 Å². The van der Waals surface area contributed by atoms with Gasteiger partial charge in [-0.25, -0.2) is 17.9 Å². The number of nitrogens with zero attached hydrogens (tertiary/aromatic N) is 1. The highest BCUT2D eigenvalue weighted by molar-refractivity contribution is 7.88. The van der Waals surface area contributed by atoms with Gasteiger partial charge in [0.05, 0.1) is 12.3 Å². The van der Waals surface area contributed by atoms with Crippen molar-refractivity contribution < 1.29 is 17.9 Å². The van der Waals surface area contributed by atoms with E-state index in [1.807, 2.05) is 6.07 Å². The summed E-state index contributed by atoms with van der Waals surface area (Å²) in [5.41, 5.74) is 0.743. The van der Waals surface area contributed by atoms with Crippen LogP contribution < -0.4 is 4.72 Å². The third-order valence-corrected chi connectivity index (χ3v) is 4.40. The topological polar surface area (TPSA) is 75.7 Å². The number of carbonyl (C=O) groups excluding carboxylic acids is 1. The van der Waals surface area contributed by atoms with Crippen molar-refractivity contribution in [2.24, 2.45) is 0 Å². The Balaban J connectivity index is 1.77. The third-order valence-electron chi connectivity index (χ3n) is 3.04. The van der Waals surface area contributed by atoms with Crippen LogP contribution in [-0.2, 0) is 20.5 Å². The molecule has 1 atom stereocenters. The van der Waals surface area contributed by atoms with Crippen LogP contribution in [0.4, 0.5) is 4.79 Å². The van der Waals surface area contributed by atoms with E-state index in [1.165, 1.54) is 4.90 Å². The average Bonchev–Trinajstić information content (AvgIpc) is 2.69. The molecule has 20 heavy (non-hydrogen) atoms. The molecule has 0 spiro atoms. The lowest BCUT2D eigenvalue weighted by atomic mass is 10.2. The number of ether oxygens (including phenoxy) is 1. The van der Waals surface area contributed by atoms with Gasteiger partial charge in [0.2, 0.25) is 10.0 Å². The maximum Gasteiger partial charge on any atom is 0.409 e. The summed E-state index contributed by atoms with van der Waals surface area (Å²) in [7, 11) is -1.70. The lowest BCUT2D eigenvalue weighted by Crippen LogP contribution is -2.29. The van der Waals surface area contributed by atoms with Gasteiger partial charge in [0.25, 0.3) is 0 Å². The van der Waals surface area contributed by atoms with E-state index in [4.69, 9.17) is 4.74 Å². The second-order valence-electron chi connectivity index (χ2n) is 4.81. The third kappa shape index (κ3) is 4.21. The summed E-state index contributed by atoms with van der Waals surface area (Å²) in [5.74, 6) is -0.0435. The number of hydrogen-bond donors (Lipinski definition) is 1. The van der Waals surface area contributed by atoms with Crippen molar-refractivity contribution >= 4 is 16.1 Å². The highest BCUT2D eigenvalue weighted by Crippen LogP contribution is 2.11. The van der Waals surface area contributed by atoms with Crippen molar-refractivity contribution in [2.75, 3.05) is 20.1 Å². The zero-order chi connectivity index (χ0) is 14.6. The minimum absolute atomic E-state index is 0.0435. The highest BCUT2D eigenvalue weighted by Gasteiger charge is 2.27. The number of carbonyl (C=O) groups is 1. The number of nitrogens with one attached hydrogen (secondary N) is 1. The van der Waals surface area contributed by atoms with E-state index in [-0.39, 0.29) is 24.5 Å². The van der Waals surface area contributed by atoms with Gasteiger partial charge < -0.3 is 9.64 Å². The minimum Gasteiger partial charge on any atom is -0.444 e. The molecule has 0 aromatic heterocycles. The zero-order valence-electron chi connectivity index (χ0n) is 11.3. The zero-order valence-corrected chi connectivity index (χ0v) is 12.1.